The van der Waals surface area contributed by atoms with Gasteiger partial charge >= 0.3 is 0 Å². The molecule has 0 bridgehead atoms. The van der Waals surface area contributed by atoms with Crippen LogP contribution in [0.2, 0.25) is 0 Å². The molecule has 0 saturated carbocycles. The number of likely N-dealkylation sites (tertiary alicyclic amines) is 1. The summed E-state index contributed by atoms with van der Waals surface area (Å²) in [5.41, 5.74) is 8.53. The molecule has 2 heterocycles. The number of benzene rings is 1. The van der Waals surface area contributed by atoms with Crippen molar-refractivity contribution >= 4 is 11.6 Å². The van der Waals surface area contributed by atoms with Crippen LogP contribution < -0.4 is 10.6 Å². The number of nitrogens with zero attached hydrogens (tertiary/aromatic N) is 3. The number of carbonyl (C=O) groups excluding carboxylic acids is 1. The fourth-order valence-electron chi connectivity index (χ4n) is 3.62. The minimum atomic E-state index is 0.281. The first-order valence-electron chi connectivity index (χ1n) is 9.19. The Morgan fingerprint density at radius 1 is 1.12 bits per heavy atom. The third-order valence-corrected chi connectivity index (χ3v) is 5.27. The first-order valence-corrected chi connectivity index (χ1v) is 9.19. The molecule has 3 rings (SSSR count). The van der Waals surface area contributed by atoms with Gasteiger partial charge in [-0.1, -0.05) is 12.1 Å². The molecular formula is C19H30N4O. The molecule has 1 amide bonds. The number of amides is 1. The lowest BCUT2D eigenvalue weighted by Crippen LogP contribution is -2.48. The molecule has 2 fully saturated rings. The van der Waals surface area contributed by atoms with Gasteiger partial charge in [-0.2, -0.15) is 0 Å². The maximum atomic E-state index is 12.3. The topological polar surface area (TPSA) is 52.8 Å². The summed E-state index contributed by atoms with van der Waals surface area (Å²) in [6, 6.07) is 8.98. The largest absolute Gasteiger partial charge is 0.369 e. The second kappa shape index (κ2) is 7.99. The highest BCUT2D eigenvalue weighted by Crippen LogP contribution is 2.18. The van der Waals surface area contributed by atoms with Gasteiger partial charge in [-0.3, -0.25) is 9.69 Å². The molecular weight excluding hydrogens is 300 g/mol. The van der Waals surface area contributed by atoms with Crippen LogP contribution >= 0.6 is 0 Å². The molecule has 24 heavy (non-hydrogen) atoms. The fraction of sp³-hybridized carbons (Fsp3) is 0.632. The monoisotopic (exact) mass is 330 g/mol. The van der Waals surface area contributed by atoms with Crippen molar-refractivity contribution in [3.05, 3.63) is 29.8 Å². The quantitative estimate of drug-likeness (QED) is 0.908. The van der Waals surface area contributed by atoms with E-state index in [9.17, 15) is 4.79 Å². The maximum Gasteiger partial charge on any atom is 0.223 e. The fourth-order valence-corrected chi connectivity index (χ4v) is 3.62. The minimum Gasteiger partial charge on any atom is -0.369 e. The molecule has 5 heteroatoms. The van der Waals surface area contributed by atoms with E-state index in [0.29, 0.717) is 12.3 Å². The molecule has 2 saturated heterocycles. The van der Waals surface area contributed by atoms with Gasteiger partial charge in [-0.05, 0) is 37.5 Å². The van der Waals surface area contributed by atoms with Gasteiger partial charge in [0.1, 0.15) is 0 Å². The summed E-state index contributed by atoms with van der Waals surface area (Å²) in [5, 5.41) is 0. The van der Waals surface area contributed by atoms with Crippen molar-refractivity contribution in [2.75, 3.05) is 50.7 Å². The predicted molar refractivity (Wildman–Crippen MR) is 98.2 cm³/mol. The predicted octanol–water partition coefficient (Wildman–Crippen LogP) is 1.46. The molecule has 0 spiro atoms. The summed E-state index contributed by atoms with van der Waals surface area (Å²) < 4.78 is 0. The maximum absolute atomic E-state index is 12.3. The zero-order valence-corrected chi connectivity index (χ0v) is 14.8. The standard InChI is InChI=1S/C19H30N4O/c1-16-3-2-4-18(15-16)22-13-11-21(12-14-22)8-7-19(24)23-9-5-17(20)6-10-23/h2-4,15,17H,5-14,20H2,1H3. The van der Waals surface area contributed by atoms with E-state index in [1.165, 1.54) is 11.3 Å². The second-order valence-corrected chi connectivity index (χ2v) is 7.14. The summed E-state index contributed by atoms with van der Waals surface area (Å²) in [6.45, 7) is 8.83. The van der Waals surface area contributed by atoms with Crippen LogP contribution in [0, 0.1) is 6.92 Å². The second-order valence-electron chi connectivity index (χ2n) is 7.14. The van der Waals surface area contributed by atoms with Crippen LogP contribution in [0.1, 0.15) is 24.8 Å². The van der Waals surface area contributed by atoms with Crippen molar-refractivity contribution in [3.63, 3.8) is 0 Å². The van der Waals surface area contributed by atoms with Crippen LogP contribution in [0.15, 0.2) is 24.3 Å². The van der Waals surface area contributed by atoms with Crippen molar-refractivity contribution in [1.82, 2.24) is 9.80 Å². The average molecular weight is 330 g/mol. The normalized spacial score (nSPS) is 20.4. The number of carbonyl (C=O) groups is 1. The lowest BCUT2D eigenvalue weighted by Gasteiger charge is -2.36. The lowest BCUT2D eigenvalue weighted by atomic mass is 10.1. The first-order chi connectivity index (χ1) is 11.6. The Balaban J connectivity index is 1.40. The Labute approximate surface area is 145 Å². The Hall–Kier alpha value is -1.59. The first kappa shape index (κ1) is 17.2. The van der Waals surface area contributed by atoms with Crippen LogP contribution in [0.3, 0.4) is 0 Å². The molecule has 1 aromatic carbocycles. The number of hydrogen-bond donors (Lipinski definition) is 1. The Bertz CT molecular complexity index is 546. The highest BCUT2D eigenvalue weighted by atomic mass is 16.2. The third kappa shape index (κ3) is 4.48. The van der Waals surface area contributed by atoms with E-state index < -0.39 is 0 Å². The van der Waals surface area contributed by atoms with E-state index in [0.717, 1.165) is 58.7 Å². The molecule has 2 aliphatic rings. The van der Waals surface area contributed by atoms with Crippen LogP contribution in [-0.4, -0.2) is 67.6 Å². The third-order valence-electron chi connectivity index (χ3n) is 5.27. The number of hydrogen-bond acceptors (Lipinski definition) is 4. The van der Waals surface area contributed by atoms with Crippen molar-refractivity contribution in [2.24, 2.45) is 5.73 Å². The zero-order chi connectivity index (χ0) is 16.9. The van der Waals surface area contributed by atoms with Gasteiger partial charge in [-0.25, -0.2) is 0 Å². The summed E-state index contributed by atoms with van der Waals surface area (Å²) in [6.07, 6.45) is 2.53. The van der Waals surface area contributed by atoms with Gasteiger partial charge in [0.15, 0.2) is 0 Å². The highest BCUT2D eigenvalue weighted by molar-refractivity contribution is 5.76. The van der Waals surface area contributed by atoms with Gasteiger partial charge in [0.25, 0.3) is 0 Å². The molecule has 132 valence electrons. The number of rotatable bonds is 4. The summed E-state index contributed by atoms with van der Waals surface area (Å²) in [7, 11) is 0. The summed E-state index contributed by atoms with van der Waals surface area (Å²) in [4.78, 5) is 19.2. The number of piperidine rings is 1. The smallest absolute Gasteiger partial charge is 0.223 e. The zero-order valence-electron chi connectivity index (χ0n) is 14.8. The van der Waals surface area contributed by atoms with E-state index in [2.05, 4.69) is 41.0 Å². The molecule has 2 N–H and O–H groups in total. The summed E-state index contributed by atoms with van der Waals surface area (Å²) in [5.74, 6) is 0.294. The van der Waals surface area contributed by atoms with E-state index >= 15 is 0 Å². The molecule has 0 aliphatic carbocycles. The van der Waals surface area contributed by atoms with Gasteiger partial charge in [0.2, 0.25) is 5.91 Å². The highest BCUT2D eigenvalue weighted by Gasteiger charge is 2.22. The molecule has 0 unspecified atom stereocenters. The van der Waals surface area contributed by atoms with Gasteiger partial charge in [-0.15, -0.1) is 0 Å². The van der Waals surface area contributed by atoms with Crippen LogP contribution in [0.25, 0.3) is 0 Å². The molecule has 0 atom stereocenters. The lowest BCUT2D eigenvalue weighted by molar-refractivity contribution is -0.132. The molecule has 5 nitrogen and oxygen atoms in total. The van der Waals surface area contributed by atoms with E-state index in [1.807, 2.05) is 4.90 Å². The van der Waals surface area contributed by atoms with E-state index in [1.54, 1.807) is 0 Å². The number of anilines is 1. The Kier molecular flexibility index (Phi) is 5.74. The van der Waals surface area contributed by atoms with Crippen LogP contribution in [0.4, 0.5) is 5.69 Å². The van der Waals surface area contributed by atoms with E-state index in [-0.39, 0.29) is 6.04 Å². The van der Waals surface area contributed by atoms with Crippen molar-refractivity contribution in [3.8, 4) is 0 Å². The van der Waals surface area contributed by atoms with Crippen molar-refractivity contribution < 1.29 is 4.79 Å². The van der Waals surface area contributed by atoms with E-state index in [4.69, 9.17) is 5.73 Å². The van der Waals surface area contributed by atoms with Crippen molar-refractivity contribution in [2.45, 2.75) is 32.2 Å². The Morgan fingerprint density at radius 3 is 2.50 bits per heavy atom. The number of nitrogens with two attached hydrogens (primary N) is 1. The molecule has 0 aromatic heterocycles. The molecule has 0 radical (unpaired) electrons. The average Bonchev–Trinajstić information content (AvgIpc) is 2.61. The van der Waals surface area contributed by atoms with Gasteiger partial charge < -0.3 is 15.5 Å². The van der Waals surface area contributed by atoms with Gasteiger partial charge in [0.05, 0.1) is 0 Å². The SMILES string of the molecule is Cc1cccc(N2CCN(CCC(=O)N3CCC(N)CC3)CC2)c1. The van der Waals surface area contributed by atoms with Gasteiger partial charge in [0, 0.05) is 64.0 Å². The van der Waals surface area contributed by atoms with Crippen molar-refractivity contribution in [1.29, 1.82) is 0 Å². The Morgan fingerprint density at radius 2 is 1.83 bits per heavy atom. The summed E-state index contributed by atoms with van der Waals surface area (Å²) >= 11 is 0. The molecule has 2 aliphatic heterocycles. The van der Waals surface area contributed by atoms with Crippen LogP contribution in [0.5, 0.6) is 0 Å². The number of aryl methyl sites for hydroxylation is 1. The number of piperazine rings is 1. The minimum absolute atomic E-state index is 0.281. The molecule has 1 aromatic rings. The van der Waals surface area contributed by atoms with Crippen LogP contribution in [-0.2, 0) is 4.79 Å².